The van der Waals surface area contributed by atoms with Crippen molar-refractivity contribution in [3.05, 3.63) is 94.1 Å². The van der Waals surface area contributed by atoms with Crippen LogP contribution in [0.5, 0.6) is 11.5 Å². The number of benzene rings is 2. The van der Waals surface area contributed by atoms with Gasteiger partial charge in [-0.1, -0.05) is 12.1 Å². The minimum atomic E-state index is -0.169. The van der Waals surface area contributed by atoms with Crippen molar-refractivity contribution in [1.29, 1.82) is 0 Å². The standard InChI is InChI=1S/C24H19N3O3S2/c28-16-5-1-14(2-6-16)11-22(30)27-24-23(21-12-20-19(32-21)9-10-31-20)26-18(13-25-24)15-3-7-17(29)8-4-15/h1-10,12-13,25-26,28-29H,11H2,(H,27,30). The van der Waals surface area contributed by atoms with Crippen LogP contribution in [0, 0.1) is 0 Å². The van der Waals surface area contributed by atoms with E-state index in [0.29, 0.717) is 5.82 Å². The van der Waals surface area contributed by atoms with E-state index in [9.17, 15) is 15.0 Å². The SMILES string of the molecule is O=C(Cc1ccc(O)cc1)NC1=C(c2cc3sccc3s2)NC(c2ccc(O)cc2)=CN1. The third-order valence-corrected chi connectivity index (χ3v) is 7.11. The van der Waals surface area contributed by atoms with E-state index in [1.54, 1.807) is 65.3 Å². The number of hydrogen-bond acceptors (Lipinski definition) is 7. The van der Waals surface area contributed by atoms with Crippen molar-refractivity contribution in [2.75, 3.05) is 0 Å². The van der Waals surface area contributed by atoms with Crippen molar-refractivity contribution in [2.45, 2.75) is 6.42 Å². The van der Waals surface area contributed by atoms with Crippen LogP contribution in [0.4, 0.5) is 0 Å². The zero-order chi connectivity index (χ0) is 22.1. The van der Waals surface area contributed by atoms with E-state index >= 15 is 0 Å². The Bertz CT molecular complexity index is 1320. The summed E-state index contributed by atoms with van der Waals surface area (Å²) < 4.78 is 2.38. The van der Waals surface area contributed by atoms with Crippen LogP contribution in [-0.4, -0.2) is 16.1 Å². The van der Waals surface area contributed by atoms with E-state index in [2.05, 4.69) is 33.5 Å². The monoisotopic (exact) mass is 461 g/mol. The third-order valence-electron chi connectivity index (χ3n) is 5.00. The summed E-state index contributed by atoms with van der Waals surface area (Å²) in [4.78, 5) is 13.7. The summed E-state index contributed by atoms with van der Waals surface area (Å²) >= 11 is 3.33. The van der Waals surface area contributed by atoms with Gasteiger partial charge in [0.05, 0.1) is 22.7 Å². The third kappa shape index (κ3) is 4.18. The highest BCUT2D eigenvalue weighted by Crippen LogP contribution is 2.35. The van der Waals surface area contributed by atoms with E-state index in [1.807, 2.05) is 12.1 Å². The van der Waals surface area contributed by atoms with Crippen LogP contribution in [0.3, 0.4) is 0 Å². The molecule has 0 aliphatic carbocycles. The van der Waals surface area contributed by atoms with Crippen LogP contribution in [0.25, 0.3) is 20.8 Å². The molecule has 0 saturated carbocycles. The molecule has 0 radical (unpaired) electrons. The molecule has 1 amide bonds. The molecule has 2 aromatic carbocycles. The highest BCUT2D eigenvalue weighted by atomic mass is 32.1. The summed E-state index contributed by atoms with van der Waals surface area (Å²) in [5.41, 5.74) is 3.32. The molecule has 32 heavy (non-hydrogen) atoms. The van der Waals surface area contributed by atoms with E-state index < -0.39 is 0 Å². The molecule has 3 heterocycles. The average molecular weight is 462 g/mol. The van der Waals surface area contributed by atoms with Crippen molar-refractivity contribution in [3.8, 4) is 11.5 Å². The number of phenols is 2. The Balaban J connectivity index is 1.43. The second-order valence-electron chi connectivity index (χ2n) is 7.28. The fourth-order valence-corrected chi connectivity index (χ4v) is 5.52. The lowest BCUT2D eigenvalue weighted by atomic mass is 10.1. The van der Waals surface area contributed by atoms with Crippen LogP contribution < -0.4 is 16.0 Å². The Morgan fingerprint density at radius 1 is 0.938 bits per heavy atom. The lowest BCUT2D eigenvalue weighted by molar-refractivity contribution is -0.119. The molecule has 0 bridgehead atoms. The predicted molar refractivity (Wildman–Crippen MR) is 129 cm³/mol. The summed E-state index contributed by atoms with van der Waals surface area (Å²) in [5.74, 6) is 0.777. The summed E-state index contributed by atoms with van der Waals surface area (Å²) in [6.45, 7) is 0. The summed E-state index contributed by atoms with van der Waals surface area (Å²) in [5, 5.41) is 30.8. The lowest BCUT2D eigenvalue weighted by Gasteiger charge is -2.24. The van der Waals surface area contributed by atoms with Crippen LogP contribution in [0.15, 0.2) is 78.1 Å². The smallest absolute Gasteiger partial charge is 0.229 e. The molecule has 0 fully saturated rings. The van der Waals surface area contributed by atoms with Crippen molar-refractivity contribution >= 4 is 49.4 Å². The minimum absolute atomic E-state index is 0.168. The Morgan fingerprint density at radius 3 is 2.38 bits per heavy atom. The first-order valence-corrected chi connectivity index (χ1v) is 11.6. The number of nitrogens with one attached hydrogen (secondary N) is 3. The van der Waals surface area contributed by atoms with Crippen molar-refractivity contribution in [2.24, 2.45) is 0 Å². The zero-order valence-corrected chi connectivity index (χ0v) is 18.4. The molecule has 1 aliphatic rings. The molecular formula is C24H19N3O3S2. The van der Waals surface area contributed by atoms with Crippen LogP contribution in [0.2, 0.25) is 0 Å². The number of rotatable bonds is 5. The highest BCUT2D eigenvalue weighted by Gasteiger charge is 2.20. The number of thiophene rings is 2. The maximum absolute atomic E-state index is 12.7. The van der Waals surface area contributed by atoms with Gasteiger partial charge in [0.1, 0.15) is 17.3 Å². The molecule has 5 rings (SSSR count). The maximum Gasteiger partial charge on any atom is 0.229 e. The van der Waals surface area contributed by atoms with Gasteiger partial charge >= 0.3 is 0 Å². The minimum Gasteiger partial charge on any atom is -0.508 e. The summed E-state index contributed by atoms with van der Waals surface area (Å²) in [6, 6.07) is 17.7. The van der Waals surface area contributed by atoms with E-state index in [0.717, 1.165) is 27.4 Å². The van der Waals surface area contributed by atoms with Crippen LogP contribution >= 0.6 is 22.7 Å². The van der Waals surface area contributed by atoms with E-state index in [1.165, 1.54) is 9.40 Å². The van der Waals surface area contributed by atoms with Gasteiger partial charge < -0.3 is 26.2 Å². The molecule has 0 unspecified atom stereocenters. The van der Waals surface area contributed by atoms with Gasteiger partial charge in [0.2, 0.25) is 5.91 Å². The second-order valence-corrected chi connectivity index (χ2v) is 9.31. The van der Waals surface area contributed by atoms with Gasteiger partial charge in [-0.15, -0.1) is 22.7 Å². The van der Waals surface area contributed by atoms with Gasteiger partial charge in [0.15, 0.2) is 0 Å². The topological polar surface area (TPSA) is 93.6 Å². The first-order chi connectivity index (χ1) is 15.5. The normalized spacial score (nSPS) is 13.4. The first-order valence-electron chi connectivity index (χ1n) is 9.88. The summed E-state index contributed by atoms with van der Waals surface area (Å²) in [6.07, 6.45) is 1.98. The zero-order valence-electron chi connectivity index (χ0n) is 16.8. The van der Waals surface area contributed by atoms with Crippen LogP contribution in [-0.2, 0) is 11.2 Å². The number of aromatic hydroxyl groups is 2. The number of carbonyl (C=O) groups excluding carboxylic acids is 1. The number of hydrogen-bond donors (Lipinski definition) is 5. The van der Waals surface area contributed by atoms with Crippen LogP contribution in [0.1, 0.15) is 16.0 Å². The molecule has 2 aromatic heterocycles. The number of phenolic OH excluding ortho intramolecular Hbond substituents is 2. The van der Waals surface area contributed by atoms with Gasteiger partial charge in [0, 0.05) is 15.6 Å². The highest BCUT2D eigenvalue weighted by molar-refractivity contribution is 7.27. The number of carbonyl (C=O) groups is 1. The van der Waals surface area contributed by atoms with Crippen molar-refractivity contribution in [3.63, 3.8) is 0 Å². The fraction of sp³-hybridized carbons (Fsp3) is 0.0417. The van der Waals surface area contributed by atoms with E-state index in [4.69, 9.17) is 0 Å². The molecule has 0 saturated heterocycles. The molecule has 5 N–H and O–H groups in total. The van der Waals surface area contributed by atoms with Gasteiger partial charge in [0.25, 0.3) is 0 Å². The van der Waals surface area contributed by atoms with Gasteiger partial charge in [-0.2, -0.15) is 0 Å². The molecular weight excluding hydrogens is 442 g/mol. The largest absolute Gasteiger partial charge is 0.508 e. The van der Waals surface area contributed by atoms with Gasteiger partial charge in [-0.25, -0.2) is 0 Å². The van der Waals surface area contributed by atoms with Gasteiger partial charge in [-0.05, 0) is 65.0 Å². The second kappa shape index (κ2) is 8.41. The summed E-state index contributed by atoms with van der Waals surface area (Å²) in [7, 11) is 0. The number of amides is 1. The van der Waals surface area contributed by atoms with Gasteiger partial charge in [-0.3, -0.25) is 4.79 Å². The Labute approximate surface area is 192 Å². The first kappa shape index (κ1) is 20.2. The molecule has 0 atom stereocenters. The molecule has 1 aliphatic heterocycles. The number of fused-ring (bicyclic) bond motifs is 1. The van der Waals surface area contributed by atoms with E-state index in [-0.39, 0.29) is 23.8 Å². The molecule has 0 spiro atoms. The lowest BCUT2D eigenvalue weighted by Crippen LogP contribution is -2.36. The predicted octanol–water partition coefficient (Wildman–Crippen LogP) is 4.55. The Hall–Kier alpha value is -3.75. The quantitative estimate of drug-likeness (QED) is 0.301. The average Bonchev–Trinajstić information content (AvgIpc) is 3.39. The Morgan fingerprint density at radius 2 is 1.66 bits per heavy atom. The van der Waals surface area contributed by atoms with Crippen molar-refractivity contribution < 1.29 is 15.0 Å². The molecule has 8 heteroatoms. The molecule has 4 aromatic rings. The molecule has 160 valence electrons. The fourth-order valence-electron chi connectivity index (χ4n) is 3.40. The maximum atomic E-state index is 12.7. The molecule has 6 nitrogen and oxygen atoms in total. The Kier molecular flexibility index (Phi) is 5.30. The van der Waals surface area contributed by atoms with Crippen molar-refractivity contribution in [1.82, 2.24) is 16.0 Å².